The minimum atomic E-state index is -0.0263. The Morgan fingerprint density at radius 1 is 1.30 bits per heavy atom. The monoisotopic (exact) mass is 314 g/mol. The van der Waals surface area contributed by atoms with Gasteiger partial charge in [-0.15, -0.1) is 0 Å². The lowest BCUT2D eigenvalue weighted by molar-refractivity contribution is -0.127. The number of carbonyl (C=O) groups excluding carboxylic acids is 1. The number of aryl methyl sites for hydroxylation is 3. The average Bonchev–Trinajstić information content (AvgIpc) is 3.04. The topological polar surface area (TPSA) is 75.9 Å². The smallest absolute Gasteiger partial charge is 0.223 e. The molecule has 23 heavy (non-hydrogen) atoms. The Morgan fingerprint density at radius 3 is 2.74 bits per heavy atom. The summed E-state index contributed by atoms with van der Waals surface area (Å²) in [5.41, 5.74) is 2.03. The van der Waals surface area contributed by atoms with Crippen molar-refractivity contribution >= 4 is 11.9 Å². The first-order chi connectivity index (χ1) is 11.0. The van der Waals surface area contributed by atoms with Crippen molar-refractivity contribution in [1.29, 1.82) is 0 Å². The van der Waals surface area contributed by atoms with Crippen LogP contribution in [0.3, 0.4) is 0 Å². The molecule has 0 radical (unpaired) electrons. The van der Waals surface area contributed by atoms with E-state index in [0.29, 0.717) is 18.9 Å². The molecule has 2 aromatic rings. The van der Waals surface area contributed by atoms with Crippen molar-refractivity contribution in [3.63, 3.8) is 0 Å². The molecule has 2 aromatic heterocycles. The molecule has 1 N–H and O–H groups in total. The van der Waals surface area contributed by atoms with Gasteiger partial charge in [0.25, 0.3) is 0 Å². The lowest BCUT2D eigenvalue weighted by Crippen LogP contribution is -2.29. The number of likely N-dealkylation sites (tertiary alicyclic amines) is 1. The van der Waals surface area contributed by atoms with Crippen molar-refractivity contribution in [3.8, 4) is 0 Å². The van der Waals surface area contributed by atoms with Gasteiger partial charge in [0.2, 0.25) is 11.9 Å². The minimum absolute atomic E-state index is 0.0263. The molecule has 7 heteroatoms. The minimum Gasteiger partial charge on any atom is -0.354 e. The van der Waals surface area contributed by atoms with Crippen molar-refractivity contribution in [2.75, 3.05) is 18.9 Å². The van der Waals surface area contributed by atoms with Crippen LogP contribution in [0.5, 0.6) is 0 Å². The highest BCUT2D eigenvalue weighted by Crippen LogP contribution is 2.35. The van der Waals surface area contributed by atoms with Crippen molar-refractivity contribution in [1.82, 2.24) is 24.4 Å². The number of nitrogens with one attached hydrogen (secondary N) is 1. The van der Waals surface area contributed by atoms with E-state index in [1.54, 1.807) is 11.1 Å². The largest absolute Gasteiger partial charge is 0.354 e. The molecule has 3 heterocycles. The zero-order valence-corrected chi connectivity index (χ0v) is 13.9. The predicted molar refractivity (Wildman–Crippen MR) is 86.8 cm³/mol. The van der Waals surface area contributed by atoms with Crippen LogP contribution in [-0.2, 0) is 11.8 Å². The lowest BCUT2D eigenvalue weighted by atomic mass is 9.99. The molecular weight excluding hydrogens is 292 g/mol. The molecule has 0 aliphatic carbocycles. The van der Waals surface area contributed by atoms with Gasteiger partial charge in [0, 0.05) is 57.3 Å². The summed E-state index contributed by atoms with van der Waals surface area (Å²) in [6.45, 7) is 4.59. The molecule has 1 amide bonds. The average molecular weight is 314 g/mol. The van der Waals surface area contributed by atoms with Gasteiger partial charge in [0.05, 0.1) is 6.04 Å². The Balaban J connectivity index is 1.76. The van der Waals surface area contributed by atoms with Crippen LogP contribution in [-0.4, -0.2) is 43.9 Å². The Hall–Kier alpha value is -2.44. The van der Waals surface area contributed by atoms with Crippen LogP contribution < -0.4 is 5.32 Å². The number of imidazole rings is 1. The number of rotatable bonds is 4. The quantitative estimate of drug-likeness (QED) is 0.924. The van der Waals surface area contributed by atoms with Crippen LogP contribution >= 0.6 is 0 Å². The Kier molecular flexibility index (Phi) is 4.02. The molecule has 1 aliphatic heterocycles. The van der Waals surface area contributed by atoms with Crippen molar-refractivity contribution in [3.05, 3.63) is 35.7 Å². The van der Waals surface area contributed by atoms with E-state index in [0.717, 1.165) is 17.1 Å². The van der Waals surface area contributed by atoms with Crippen LogP contribution in [0.15, 0.2) is 18.6 Å². The Labute approximate surface area is 135 Å². The molecule has 1 aliphatic rings. The first kappa shape index (κ1) is 15.5. The van der Waals surface area contributed by atoms with Crippen LogP contribution in [0.1, 0.15) is 29.5 Å². The van der Waals surface area contributed by atoms with E-state index in [4.69, 9.17) is 0 Å². The van der Waals surface area contributed by atoms with E-state index in [2.05, 4.69) is 20.3 Å². The summed E-state index contributed by atoms with van der Waals surface area (Å²) >= 11 is 0. The van der Waals surface area contributed by atoms with Gasteiger partial charge in [0.15, 0.2) is 0 Å². The highest BCUT2D eigenvalue weighted by Gasteiger charge is 2.40. The molecule has 1 fully saturated rings. The van der Waals surface area contributed by atoms with E-state index in [1.807, 2.05) is 44.9 Å². The maximum Gasteiger partial charge on any atom is 0.223 e. The predicted octanol–water partition coefficient (Wildman–Crippen LogP) is 1.46. The van der Waals surface area contributed by atoms with Gasteiger partial charge in [0.1, 0.15) is 5.82 Å². The molecule has 122 valence electrons. The van der Waals surface area contributed by atoms with Crippen LogP contribution in [0.2, 0.25) is 0 Å². The zero-order valence-electron chi connectivity index (χ0n) is 13.9. The van der Waals surface area contributed by atoms with Crippen LogP contribution in [0.4, 0.5) is 5.95 Å². The molecular formula is C16H22N6O. The number of hydrogen-bond acceptors (Lipinski definition) is 5. The highest BCUT2D eigenvalue weighted by atomic mass is 16.2. The third kappa shape index (κ3) is 2.91. The fourth-order valence-electron chi connectivity index (χ4n) is 3.02. The van der Waals surface area contributed by atoms with E-state index >= 15 is 0 Å². The molecule has 2 atom stereocenters. The lowest BCUT2D eigenvalue weighted by Gasteiger charge is -2.24. The molecule has 0 unspecified atom stereocenters. The van der Waals surface area contributed by atoms with Gasteiger partial charge in [-0.05, 0) is 19.4 Å². The third-order valence-corrected chi connectivity index (χ3v) is 4.56. The van der Waals surface area contributed by atoms with E-state index in [1.165, 1.54) is 0 Å². The van der Waals surface area contributed by atoms with Crippen LogP contribution in [0, 0.1) is 19.8 Å². The number of amides is 1. The molecule has 7 nitrogen and oxygen atoms in total. The van der Waals surface area contributed by atoms with Gasteiger partial charge in [-0.3, -0.25) is 4.79 Å². The number of hydrogen-bond donors (Lipinski definition) is 1. The van der Waals surface area contributed by atoms with Gasteiger partial charge >= 0.3 is 0 Å². The van der Waals surface area contributed by atoms with Gasteiger partial charge < -0.3 is 14.8 Å². The second-order valence-corrected chi connectivity index (χ2v) is 6.15. The molecule has 3 rings (SSSR count). The van der Waals surface area contributed by atoms with Gasteiger partial charge in [-0.2, -0.15) is 0 Å². The van der Waals surface area contributed by atoms with Crippen molar-refractivity contribution in [2.24, 2.45) is 13.0 Å². The fraction of sp³-hybridized carbons (Fsp3) is 0.500. The maximum atomic E-state index is 12.1. The number of nitrogens with zero attached hydrogens (tertiary/aromatic N) is 5. The summed E-state index contributed by atoms with van der Waals surface area (Å²) < 4.78 is 1.97. The van der Waals surface area contributed by atoms with E-state index in [-0.39, 0.29) is 17.9 Å². The van der Waals surface area contributed by atoms with Crippen LogP contribution in [0.25, 0.3) is 0 Å². The number of anilines is 1. The van der Waals surface area contributed by atoms with E-state index in [9.17, 15) is 4.79 Å². The molecule has 1 saturated heterocycles. The first-order valence-electron chi connectivity index (χ1n) is 7.74. The van der Waals surface area contributed by atoms with E-state index < -0.39 is 0 Å². The summed E-state index contributed by atoms with van der Waals surface area (Å²) in [5.74, 6) is 1.80. The zero-order chi connectivity index (χ0) is 16.6. The standard InChI is InChI=1S/C16H22N6O/c1-10-8-18-16(20-11(10)2)19-9-12-7-13(23)22(4)14(12)15-17-5-6-21(15)3/h5-6,8,12,14H,7,9H2,1-4H3,(H,18,19,20)/t12-,14+/m0/s1. The molecule has 0 spiro atoms. The second kappa shape index (κ2) is 5.98. The molecule has 0 aromatic carbocycles. The maximum absolute atomic E-state index is 12.1. The van der Waals surface area contributed by atoms with Crippen molar-refractivity contribution < 1.29 is 4.79 Å². The second-order valence-electron chi connectivity index (χ2n) is 6.15. The van der Waals surface area contributed by atoms with Gasteiger partial charge in [-0.25, -0.2) is 15.0 Å². The fourth-order valence-corrected chi connectivity index (χ4v) is 3.02. The summed E-state index contributed by atoms with van der Waals surface area (Å²) in [5, 5.41) is 3.27. The number of aromatic nitrogens is 4. The Bertz CT molecular complexity index is 725. The van der Waals surface area contributed by atoms with Gasteiger partial charge in [-0.1, -0.05) is 0 Å². The SMILES string of the molecule is Cc1cnc(NC[C@@H]2CC(=O)N(C)[C@H]2c2nccn2C)nc1C. The summed E-state index contributed by atoms with van der Waals surface area (Å²) in [7, 11) is 3.80. The molecule has 0 bridgehead atoms. The summed E-state index contributed by atoms with van der Waals surface area (Å²) in [6.07, 6.45) is 5.99. The first-order valence-corrected chi connectivity index (χ1v) is 7.74. The summed E-state index contributed by atoms with van der Waals surface area (Å²) in [6, 6.07) is -0.0263. The molecule has 0 saturated carbocycles. The normalized spacial score (nSPS) is 21.0. The summed E-state index contributed by atoms with van der Waals surface area (Å²) in [4.78, 5) is 27.1. The Morgan fingerprint density at radius 2 is 2.09 bits per heavy atom. The number of carbonyl (C=O) groups is 1. The van der Waals surface area contributed by atoms with Crippen molar-refractivity contribution in [2.45, 2.75) is 26.3 Å². The third-order valence-electron chi connectivity index (χ3n) is 4.56. The highest BCUT2D eigenvalue weighted by molar-refractivity contribution is 5.79.